The largest absolute Gasteiger partial charge is 0.490 e. The molecular weight excluding hydrogens is 278 g/mol. The Labute approximate surface area is 126 Å². The van der Waals surface area contributed by atoms with Crippen LogP contribution in [0.2, 0.25) is 5.02 Å². The highest BCUT2D eigenvalue weighted by atomic mass is 35.5. The van der Waals surface area contributed by atoms with Gasteiger partial charge in [0.05, 0.1) is 24.8 Å². The third-order valence-electron chi connectivity index (χ3n) is 2.97. The number of hydrogen-bond acceptors (Lipinski definition) is 4. The average Bonchev–Trinajstić information content (AvgIpc) is 2.44. The lowest BCUT2D eigenvalue weighted by molar-refractivity contribution is 0.238. The third kappa shape index (κ3) is 4.85. The Hall–Kier alpha value is -0.970. The monoisotopic (exact) mass is 301 g/mol. The van der Waals surface area contributed by atoms with Gasteiger partial charge in [0.2, 0.25) is 0 Å². The van der Waals surface area contributed by atoms with Gasteiger partial charge in [0.25, 0.3) is 0 Å². The molecule has 0 unspecified atom stereocenters. The van der Waals surface area contributed by atoms with Crippen LogP contribution in [0.15, 0.2) is 12.1 Å². The minimum absolute atomic E-state index is 0.0934. The first-order chi connectivity index (χ1) is 9.65. The first-order valence-electron chi connectivity index (χ1n) is 7.08. The highest BCUT2D eigenvalue weighted by molar-refractivity contribution is 6.32. The molecule has 0 bridgehead atoms. The van der Waals surface area contributed by atoms with Gasteiger partial charge in [-0.1, -0.05) is 18.5 Å². The van der Waals surface area contributed by atoms with Crippen molar-refractivity contribution in [2.75, 3.05) is 19.8 Å². The second kappa shape index (κ2) is 9.06. The van der Waals surface area contributed by atoms with Gasteiger partial charge < -0.3 is 19.9 Å². The summed E-state index contributed by atoms with van der Waals surface area (Å²) in [7, 11) is 0. The van der Waals surface area contributed by atoms with Gasteiger partial charge in [-0.25, -0.2) is 0 Å². The van der Waals surface area contributed by atoms with Crippen molar-refractivity contribution in [3.8, 4) is 11.5 Å². The normalized spacial score (nSPS) is 12.2. The summed E-state index contributed by atoms with van der Waals surface area (Å²) in [4.78, 5) is 0. The molecule has 0 fully saturated rings. The maximum absolute atomic E-state index is 9.18. The number of ether oxygens (including phenoxy) is 2. The van der Waals surface area contributed by atoms with Crippen molar-refractivity contribution < 1.29 is 14.6 Å². The highest BCUT2D eigenvalue weighted by Crippen LogP contribution is 2.36. The van der Waals surface area contributed by atoms with E-state index in [4.69, 9.17) is 21.1 Å². The quantitative estimate of drug-likeness (QED) is 0.736. The van der Waals surface area contributed by atoms with Gasteiger partial charge in [-0.3, -0.25) is 0 Å². The van der Waals surface area contributed by atoms with E-state index in [1.54, 1.807) is 0 Å². The summed E-state index contributed by atoms with van der Waals surface area (Å²) in [5.74, 6) is 1.25. The summed E-state index contributed by atoms with van der Waals surface area (Å²) < 4.78 is 11.1. The van der Waals surface area contributed by atoms with Crippen molar-refractivity contribution in [2.24, 2.45) is 0 Å². The fourth-order valence-electron chi connectivity index (χ4n) is 1.87. The minimum atomic E-state index is 0.0934. The van der Waals surface area contributed by atoms with Crippen molar-refractivity contribution in [3.63, 3.8) is 0 Å². The number of halogens is 1. The van der Waals surface area contributed by atoms with Crippen LogP contribution < -0.4 is 14.8 Å². The van der Waals surface area contributed by atoms with E-state index >= 15 is 0 Å². The number of nitrogens with one attached hydrogen (secondary N) is 1. The Morgan fingerprint density at radius 3 is 2.45 bits per heavy atom. The minimum Gasteiger partial charge on any atom is -0.490 e. The zero-order valence-corrected chi connectivity index (χ0v) is 13.2. The molecular formula is C15H24ClNO3. The number of aliphatic hydroxyl groups is 1. The van der Waals surface area contributed by atoms with E-state index in [1.807, 2.05) is 32.9 Å². The molecule has 4 nitrogen and oxygen atoms in total. The summed E-state index contributed by atoms with van der Waals surface area (Å²) in [6, 6.07) is 3.89. The van der Waals surface area contributed by atoms with Crippen LogP contribution >= 0.6 is 11.6 Å². The second-order valence-electron chi connectivity index (χ2n) is 4.44. The van der Waals surface area contributed by atoms with Gasteiger partial charge >= 0.3 is 0 Å². The van der Waals surface area contributed by atoms with E-state index in [-0.39, 0.29) is 12.6 Å². The Morgan fingerprint density at radius 1 is 1.20 bits per heavy atom. The number of benzene rings is 1. The fraction of sp³-hybridized carbons (Fsp3) is 0.600. The van der Waals surface area contributed by atoms with Crippen molar-refractivity contribution in [3.05, 3.63) is 22.7 Å². The third-order valence-corrected chi connectivity index (χ3v) is 3.25. The predicted octanol–water partition coefficient (Wildman–Crippen LogP) is 3.00. The van der Waals surface area contributed by atoms with E-state index in [1.165, 1.54) is 0 Å². The molecule has 0 radical (unpaired) electrons. The molecule has 0 amide bonds. The molecule has 0 aliphatic carbocycles. The second-order valence-corrected chi connectivity index (χ2v) is 4.85. The van der Waals surface area contributed by atoms with Crippen molar-refractivity contribution in [1.82, 2.24) is 5.32 Å². The molecule has 0 aliphatic rings. The molecule has 5 heteroatoms. The molecule has 1 atom stereocenters. The maximum atomic E-state index is 9.18. The van der Waals surface area contributed by atoms with Gasteiger partial charge in [-0.05, 0) is 38.0 Å². The van der Waals surface area contributed by atoms with E-state index in [9.17, 15) is 5.11 Å². The van der Waals surface area contributed by atoms with Gasteiger partial charge in [-0.2, -0.15) is 0 Å². The highest BCUT2D eigenvalue weighted by Gasteiger charge is 2.13. The van der Waals surface area contributed by atoms with Gasteiger partial charge in [0.15, 0.2) is 11.5 Å². The zero-order chi connectivity index (χ0) is 15.0. The molecule has 1 rings (SSSR count). The summed E-state index contributed by atoms with van der Waals surface area (Å²) in [6.07, 6.45) is 0.875. The Morgan fingerprint density at radius 2 is 1.90 bits per heavy atom. The van der Waals surface area contributed by atoms with Crippen molar-refractivity contribution in [1.29, 1.82) is 0 Å². The Balaban J connectivity index is 2.87. The molecule has 0 aromatic heterocycles. The Kier molecular flexibility index (Phi) is 7.73. The first-order valence-corrected chi connectivity index (χ1v) is 7.46. The van der Waals surface area contributed by atoms with E-state index in [0.717, 1.165) is 12.0 Å². The van der Waals surface area contributed by atoms with Crippen LogP contribution in [0.1, 0.15) is 32.8 Å². The summed E-state index contributed by atoms with van der Waals surface area (Å²) in [5.41, 5.74) is 1.01. The van der Waals surface area contributed by atoms with E-state index in [0.29, 0.717) is 36.3 Å². The molecule has 0 heterocycles. The fourth-order valence-corrected chi connectivity index (χ4v) is 2.16. The average molecular weight is 302 g/mol. The smallest absolute Gasteiger partial charge is 0.179 e. The van der Waals surface area contributed by atoms with Gasteiger partial charge in [-0.15, -0.1) is 0 Å². The standard InChI is InChI=1S/C15H24ClNO3/c1-4-12(10-18)17-9-11-7-13(16)15(20-6-3)14(8-11)19-5-2/h7-8,12,17-18H,4-6,9-10H2,1-3H3/t12-/m0/s1. The first kappa shape index (κ1) is 17.1. The van der Waals surface area contributed by atoms with Crippen LogP contribution in [0.25, 0.3) is 0 Å². The SMILES string of the molecule is CCOc1cc(CN[C@@H](CC)CO)cc(Cl)c1OCC. The maximum Gasteiger partial charge on any atom is 0.179 e. The predicted molar refractivity (Wildman–Crippen MR) is 81.8 cm³/mol. The lowest BCUT2D eigenvalue weighted by Gasteiger charge is -2.17. The molecule has 2 N–H and O–H groups in total. The van der Waals surface area contributed by atoms with E-state index in [2.05, 4.69) is 5.32 Å². The summed E-state index contributed by atoms with van der Waals surface area (Å²) in [5, 5.41) is 13.0. The molecule has 0 aliphatic heterocycles. The van der Waals surface area contributed by atoms with Crippen LogP contribution in [-0.2, 0) is 6.54 Å². The Bertz CT molecular complexity index is 408. The molecule has 0 saturated carbocycles. The van der Waals surface area contributed by atoms with Gasteiger partial charge in [0, 0.05) is 12.6 Å². The lowest BCUT2D eigenvalue weighted by Crippen LogP contribution is -2.31. The summed E-state index contributed by atoms with van der Waals surface area (Å²) in [6.45, 7) is 7.72. The van der Waals surface area contributed by atoms with Crippen molar-refractivity contribution >= 4 is 11.6 Å². The molecule has 114 valence electrons. The molecule has 1 aromatic rings. The van der Waals surface area contributed by atoms with Crippen molar-refractivity contribution in [2.45, 2.75) is 39.8 Å². The van der Waals surface area contributed by atoms with Crippen LogP contribution in [0, 0.1) is 0 Å². The number of hydrogen-bond donors (Lipinski definition) is 2. The van der Waals surface area contributed by atoms with Crippen LogP contribution in [0.3, 0.4) is 0 Å². The molecule has 0 spiro atoms. The lowest BCUT2D eigenvalue weighted by atomic mass is 10.1. The van der Waals surface area contributed by atoms with Crippen LogP contribution in [0.5, 0.6) is 11.5 Å². The molecule has 0 saturated heterocycles. The van der Waals surface area contributed by atoms with E-state index < -0.39 is 0 Å². The van der Waals surface area contributed by atoms with Crippen LogP contribution in [0.4, 0.5) is 0 Å². The van der Waals surface area contributed by atoms with Gasteiger partial charge in [0.1, 0.15) is 0 Å². The number of aliphatic hydroxyl groups excluding tert-OH is 1. The molecule has 20 heavy (non-hydrogen) atoms. The topological polar surface area (TPSA) is 50.7 Å². The molecule has 1 aromatic carbocycles. The summed E-state index contributed by atoms with van der Waals surface area (Å²) >= 11 is 6.25. The van der Waals surface area contributed by atoms with Crippen LogP contribution in [-0.4, -0.2) is 31.0 Å². The zero-order valence-electron chi connectivity index (χ0n) is 12.4. The number of rotatable bonds is 9.